The summed E-state index contributed by atoms with van der Waals surface area (Å²) in [6, 6.07) is 2.52. The molecule has 0 radical (unpaired) electrons. The Balaban J connectivity index is 0.000000193. The van der Waals surface area contributed by atoms with Crippen LogP contribution in [-0.4, -0.2) is 33.2 Å². The van der Waals surface area contributed by atoms with Gasteiger partial charge in [-0.25, -0.2) is 0 Å². The third-order valence-corrected chi connectivity index (χ3v) is 9.60. The van der Waals surface area contributed by atoms with Crippen molar-refractivity contribution in [3.8, 4) is 0 Å². The smallest absolute Gasteiger partial charge is 0.306 e. The third kappa shape index (κ3) is 12.3. The monoisotopic (exact) mass is 605 g/mol. The van der Waals surface area contributed by atoms with Crippen molar-refractivity contribution < 1.29 is 51.4 Å². The summed E-state index contributed by atoms with van der Waals surface area (Å²) in [5, 5.41) is 25.6. The number of fused-ring (bicyclic) bond motifs is 3. The van der Waals surface area contributed by atoms with Crippen molar-refractivity contribution in [1.29, 1.82) is 0 Å². The van der Waals surface area contributed by atoms with E-state index in [9.17, 15) is 14.4 Å². The minimum Gasteiger partial charge on any atom is -0.481 e. The fourth-order valence-electron chi connectivity index (χ4n) is 7.12. The largest absolute Gasteiger partial charge is 0.481 e. The standard InChI is InChI=1S/C13H17.3C7H12O2.Ti/c1-3-7-12-10(5-1)9-11-6-2-4-8-13(11)12;3*8-7(9)6-4-2-1-3-5-6;/h9H,1-8H2;3*6H,1-5H2,(H,8,9);/q-1;;;;. The Labute approximate surface area is 262 Å². The molecule has 6 nitrogen and oxygen atoms in total. The maximum absolute atomic E-state index is 10.4. The Morgan fingerprint density at radius 3 is 0.951 bits per heavy atom. The van der Waals surface area contributed by atoms with Gasteiger partial charge in [0, 0.05) is 21.7 Å². The van der Waals surface area contributed by atoms with Crippen molar-refractivity contribution in [1.82, 2.24) is 0 Å². The molecule has 0 aromatic heterocycles. The number of carboxylic acids is 3. The maximum atomic E-state index is 10.4. The number of hydrogen-bond donors (Lipinski definition) is 3. The van der Waals surface area contributed by atoms with E-state index in [-0.39, 0.29) is 39.5 Å². The van der Waals surface area contributed by atoms with Gasteiger partial charge in [-0.05, 0) is 38.5 Å². The molecule has 3 fully saturated rings. The van der Waals surface area contributed by atoms with E-state index in [1.807, 2.05) is 0 Å². The van der Waals surface area contributed by atoms with Gasteiger partial charge in [0.2, 0.25) is 0 Å². The minimum absolute atomic E-state index is 0. The van der Waals surface area contributed by atoms with Crippen molar-refractivity contribution in [2.45, 2.75) is 148 Å². The molecule has 3 saturated carbocycles. The predicted molar refractivity (Wildman–Crippen MR) is 158 cm³/mol. The quantitative estimate of drug-likeness (QED) is 0.237. The van der Waals surface area contributed by atoms with Crippen LogP contribution >= 0.6 is 0 Å². The zero-order valence-electron chi connectivity index (χ0n) is 25.1. The van der Waals surface area contributed by atoms with Gasteiger partial charge >= 0.3 is 17.9 Å². The van der Waals surface area contributed by atoms with Crippen LogP contribution in [0.25, 0.3) is 0 Å². The molecule has 0 heterocycles. The Hall–Kier alpha value is -1.53. The molecule has 0 bridgehead atoms. The second kappa shape index (κ2) is 19.6. The second-order valence-electron chi connectivity index (χ2n) is 12.6. The fraction of sp³-hybridized carbons (Fsp3) is 0.765. The molecule has 6 rings (SSSR count). The number of rotatable bonds is 3. The number of aryl methyl sites for hydroxylation is 2. The summed E-state index contributed by atoms with van der Waals surface area (Å²) >= 11 is 0. The number of hydrogen-bond acceptors (Lipinski definition) is 3. The van der Waals surface area contributed by atoms with Crippen LogP contribution in [0.1, 0.15) is 144 Å². The van der Waals surface area contributed by atoms with Crippen molar-refractivity contribution in [3.05, 3.63) is 28.3 Å². The SMILES string of the molecule is O=C(O)C1CCCCC1.O=C(O)C1CCCCC1.O=C(O)C1CCCCC1.[Ti].[cH-]1c2c(c3c1CCCC3)CCCC2. The fourth-order valence-corrected chi connectivity index (χ4v) is 7.12. The Morgan fingerprint density at radius 1 is 0.439 bits per heavy atom. The molecule has 1 aromatic rings. The first-order chi connectivity index (χ1) is 19.4. The number of carboxylic acid groups (broad SMARTS) is 3. The topological polar surface area (TPSA) is 112 Å². The van der Waals surface area contributed by atoms with Crippen LogP contribution in [0.4, 0.5) is 0 Å². The van der Waals surface area contributed by atoms with Crippen molar-refractivity contribution in [2.24, 2.45) is 17.8 Å². The summed E-state index contributed by atoms with van der Waals surface area (Å²) in [5.41, 5.74) is 6.94. The van der Waals surface area contributed by atoms with Gasteiger partial charge in [0.15, 0.2) is 0 Å². The van der Waals surface area contributed by atoms with E-state index < -0.39 is 17.9 Å². The molecular weight excluding hydrogens is 552 g/mol. The molecule has 0 aliphatic heterocycles. The zero-order valence-corrected chi connectivity index (χ0v) is 26.7. The van der Waals surface area contributed by atoms with Crippen LogP contribution in [0, 0.1) is 17.8 Å². The van der Waals surface area contributed by atoms with Gasteiger partial charge in [0.1, 0.15) is 0 Å². The molecule has 3 N–H and O–H groups in total. The van der Waals surface area contributed by atoms with Crippen molar-refractivity contribution >= 4 is 17.9 Å². The zero-order chi connectivity index (χ0) is 28.7. The first kappa shape index (κ1) is 35.7. The molecule has 0 unspecified atom stereocenters. The van der Waals surface area contributed by atoms with Gasteiger partial charge in [-0.1, -0.05) is 109 Å². The van der Waals surface area contributed by atoms with E-state index in [0.717, 1.165) is 77.0 Å². The summed E-state index contributed by atoms with van der Waals surface area (Å²) in [6.45, 7) is 0. The van der Waals surface area contributed by atoms with Crippen LogP contribution in [0.5, 0.6) is 0 Å². The van der Waals surface area contributed by atoms with Gasteiger partial charge < -0.3 is 15.3 Å². The normalized spacial score (nSPS) is 21.0. The van der Waals surface area contributed by atoms with Crippen LogP contribution in [0.3, 0.4) is 0 Å². The Bertz CT molecular complexity index is 823. The van der Waals surface area contributed by atoms with Crippen molar-refractivity contribution in [3.63, 3.8) is 0 Å². The number of carbonyl (C=O) groups is 3. The van der Waals surface area contributed by atoms with Gasteiger partial charge in [0.05, 0.1) is 17.8 Å². The summed E-state index contributed by atoms with van der Waals surface area (Å²) in [6.07, 6.45) is 26.9. The summed E-state index contributed by atoms with van der Waals surface area (Å²) in [7, 11) is 0. The first-order valence-electron chi connectivity index (χ1n) is 16.3. The van der Waals surface area contributed by atoms with Crippen LogP contribution in [0.15, 0.2) is 6.07 Å². The maximum Gasteiger partial charge on any atom is 0.306 e. The predicted octanol–water partition coefficient (Wildman–Crippen LogP) is 8.11. The van der Waals surface area contributed by atoms with Gasteiger partial charge in [-0.15, -0.1) is 0 Å². The van der Waals surface area contributed by atoms with E-state index in [1.54, 1.807) is 22.3 Å². The molecule has 0 saturated heterocycles. The second-order valence-corrected chi connectivity index (χ2v) is 12.6. The Kier molecular flexibility index (Phi) is 17.1. The molecular formula is C34H53O6Ti-. The van der Waals surface area contributed by atoms with Crippen LogP contribution in [-0.2, 0) is 61.8 Å². The molecule has 1 aromatic carbocycles. The van der Waals surface area contributed by atoms with Crippen molar-refractivity contribution in [2.75, 3.05) is 0 Å². The average Bonchev–Trinajstić information content (AvgIpc) is 3.38. The summed E-state index contributed by atoms with van der Waals surface area (Å²) < 4.78 is 0. The third-order valence-electron chi connectivity index (χ3n) is 9.60. The average molecular weight is 606 g/mol. The minimum atomic E-state index is -0.602. The summed E-state index contributed by atoms with van der Waals surface area (Å²) in [5.74, 6) is -1.89. The van der Waals surface area contributed by atoms with Crippen LogP contribution in [0.2, 0.25) is 0 Å². The van der Waals surface area contributed by atoms with Crippen LogP contribution < -0.4 is 0 Å². The van der Waals surface area contributed by atoms with E-state index in [1.165, 1.54) is 70.6 Å². The summed E-state index contributed by atoms with van der Waals surface area (Å²) in [4.78, 5) is 31.1. The van der Waals surface area contributed by atoms with E-state index in [0.29, 0.717) is 0 Å². The molecule has 5 aliphatic carbocycles. The molecule has 0 amide bonds. The molecule has 230 valence electrons. The van der Waals surface area contributed by atoms with Gasteiger partial charge in [-0.2, -0.15) is 28.3 Å². The Morgan fingerprint density at radius 2 is 0.707 bits per heavy atom. The van der Waals surface area contributed by atoms with E-state index >= 15 is 0 Å². The van der Waals surface area contributed by atoms with E-state index in [2.05, 4.69) is 6.07 Å². The molecule has 0 spiro atoms. The number of aliphatic carboxylic acids is 3. The molecule has 0 atom stereocenters. The molecule has 7 heteroatoms. The van der Waals surface area contributed by atoms with Gasteiger partial charge in [-0.3, -0.25) is 14.4 Å². The van der Waals surface area contributed by atoms with E-state index in [4.69, 9.17) is 15.3 Å². The first-order valence-corrected chi connectivity index (χ1v) is 16.3. The van der Waals surface area contributed by atoms with Gasteiger partial charge in [0.25, 0.3) is 0 Å². The molecule has 41 heavy (non-hydrogen) atoms. The molecule has 5 aliphatic rings.